The maximum absolute atomic E-state index is 12.4. The molecule has 0 radical (unpaired) electrons. The molecule has 0 atom stereocenters. The van der Waals surface area contributed by atoms with Gasteiger partial charge in [-0.2, -0.15) is 0 Å². The highest BCUT2D eigenvalue weighted by atomic mass is 32.2. The van der Waals surface area contributed by atoms with Crippen molar-refractivity contribution in [1.29, 1.82) is 0 Å². The maximum atomic E-state index is 12.4. The van der Waals surface area contributed by atoms with Gasteiger partial charge in [0.1, 0.15) is 15.7 Å². The smallest absolute Gasteiger partial charge is 0.234 e. The molecule has 0 fully saturated rings. The van der Waals surface area contributed by atoms with E-state index in [1.807, 2.05) is 25.1 Å². The summed E-state index contributed by atoms with van der Waals surface area (Å²) in [7, 11) is -3.27. The monoisotopic (exact) mass is 469 g/mol. The van der Waals surface area contributed by atoms with E-state index in [-0.39, 0.29) is 16.6 Å². The fourth-order valence-electron chi connectivity index (χ4n) is 2.97. The number of aromatic nitrogens is 2. The molecule has 0 spiro atoms. The zero-order chi connectivity index (χ0) is 22.0. The maximum Gasteiger partial charge on any atom is 0.234 e. The lowest BCUT2D eigenvalue weighted by atomic mass is 10.2. The molecule has 0 bridgehead atoms. The van der Waals surface area contributed by atoms with Gasteiger partial charge >= 0.3 is 0 Å². The number of fused-ring (bicyclic) bond motifs is 1. The minimum Gasteiger partial charge on any atom is -0.325 e. The highest BCUT2D eigenvalue weighted by molar-refractivity contribution is 8.00. The van der Waals surface area contributed by atoms with E-state index in [0.717, 1.165) is 31.9 Å². The van der Waals surface area contributed by atoms with Crippen molar-refractivity contribution >= 4 is 54.7 Å². The molecule has 2 heterocycles. The van der Waals surface area contributed by atoms with E-state index in [1.165, 1.54) is 23.9 Å². The number of sulfone groups is 1. The van der Waals surface area contributed by atoms with E-state index in [0.29, 0.717) is 11.5 Å². The van der Waals surface area contributed by atoms with Gasteiger partial charge in [-0.3, -0.25) is 4.79 Å². The van der Waals surface area contributed by atoms with Crippen molar-refractivity contribution in [3.05, 3.63) is 66.5 Å². The van der Waals surface area contributed by atoms with Crippen LogP contribution < -0.4 is 5.32 Å². The molecule has 4 rings (SSSR count). The highest BCUT2D eigenvalue weighted by Gasteiger charge is 2.14. The van der Waals surface area contributed by atoms with Crippen molar-refractivity contribution in [2.45, 2.75) is 16.8 Å². The Hall–Kier alpha value is -2.75. The van der Waals surface area contributed by atoms with Crippen molar-refractivity contribution in [3.63, 3.8) is 0 Å². The van der Waals surface area contributed by atoms with Crippen LogP contribution in [-0.4, -0.2) is 36.3 Å². The first-order valence-electron chi connectivity index (χ1n) is 9.36. The van der Waals surface area contributed by atoms with Crippen LogP contribution in [-0.2, 0) is 14.6 Å². The first-order chi connectivity index (χ1) is 14.8. The summed E-state index contributed by atoms with van der Waals surface area (Å²) in [5, 5.41) is 4.49. The number of carbonyl (C=O) groups is 1. The minimum absolute atomic E-state index is 0.176. The van der Waals surface area contributed by atoms with Gasteiger partial charge in [0.25, 0.3) is 0 Å². The van der Waals surface area contributed by atoms with E-state index < -0.39 is 9.84 Å². The van der Waals surface area contributed by atoms with E-state index in [2.05, 4.69) is 33.5 Å². The van der Waals surface area contributed by atoms with Crippen LogP contribution in [0, 0.1) is 6.92 Å². The molecule has 158 valence electrons. The van der Waals surface area contributed by atoms with Gasteiger partial charge in [-0.15, -0.1) is 11.3 Å². The van der Waals surface area contributed by atoms with Crippen LogP contribution in [0.2, 0.25) is 0 Å². The van der Waals surface area contributed by atoms with Crippen LogP contribution in [0.25, 0.3) is 20.7 Å². The van der Waals surface area contributed by atoms with E-state index in [4.69, 9.17) is 0 Å². The molecule has 0 saturated carbocycles. The molecule has 2 aromatic carbocycles. The van der Waals surface area contributed by atoms with E-state index in [1.54, 1.807) is 23.5 Å². The number of nitrogens with zero attached hydrogens (tertiary/aromatic N) is 2. The molecule has 6 nitrogen and oxygen atoms in total. The lowest BCUT2D eigenvalue weighted by molar-refractivity contribution is -0.113. The van der Waals surface area contributed by atoms with Gasteiger partial charge in [0.05, 0.1) is 10.6 Å². The van der Waals surface area contributed by atoms with Crippen LogP contribution in [0.4, 0.5) is 5.69 Å². The number of benzene rings is 2. The normalized spacial score (nSPS) is 11.5. The van der Waals surface area contributed by atoms with Gasteiger partial charge in [-0.05, 0) is 42.8 Å². The van der Waals surface area contributed by atoms with Gasteiger partial charge in [0.2, 0.25) is 5.91 Å². The Morgan fingerprint density at radius 1 is 1.06 bits per heavy atom. The van der Waals surface area contributed by atoms with Crippen molar-refractivity contribution in [3.8, 4) is 10.4 Å². The molecular formula is C22H19N3O3S3. The molecule has 0 unspecified atom stereocenters. The van der Waals surface area contributed by atoms with Gasteiger partial charge in [0, 0.05) is 22.2 Å². The third kappa shape index (κ3) is 5.12. The van der Waals surface area contributed by atoms with Crippen molar-refractivity contribution in [2.75, 3.05) is 17.3 Å². The number of nitrogens with one attached hydrogen (secondary N) is 1. The Morgan fingerprint density at radius 3 is 2.45 bits per heavy atom. The molecule has 0 saturated heterocycles. The summed E-state index contributed by atoms with van der Waals surface area (Å²) >= 11 is 2.96. The van der Waals surface area contributed by atoms with Crippen LogP contribution in [0.15, 0.2) is 70.6 Å². The number of aryl methyl sites for hydroxylation is 1. The molecular weight excluding hydrogens is 450 g/mol. The SMILES string of the molecule is Cc1nc(SCC(=O)Nc2ccc(S(C)(=O)=O)cc2)c2cc(-c3ccccc3)sc2n1. The molecule has 1 amide bonds. The third-order valence-corrected chi connectivity index (χ3v) is 7.63. The zero-order valence-electron chi connectivity index (χ0n) is 16.8. The first kappa shape index (κ1) is 21.5. The summed E-state index contributed by atoms with van der Waals surface area (Å²) in [4.78, 5) is 23.7. The summed E-state index contributed by atoms with van der Waals surface area (Å²) in [5.74, 6) is 0.642. The topological polar surface area (TPSA) is 89.0 Å². The summed E-state index contributed by atoms with van der Waals surface area (Å²) in [6, 6.07) is 18.3. The largest absolute Gasteiger partial charge is 0.325 e. The lowest BCUT2D eigenvalue weighted by Crippen LogP contribution is -2.14. The van der Waals surface area contributed by atoms with Crippen LogP contribution in [0.1, 0.15) is 5.82 Å². The summed E-state index contributed by atoms with van der Waals surface area (Å²) in [5.41, 5.74) is 1.67. The molecule has 0 aliphatic rings. The van der Waals surface area contributed by atoms with Crippen LogP contribution in [0.5, 0.6) is 0 Å². The van der Waals surface area contributed by atoms with E-state index in [9.17, 15) is 13.2 Å². The summed E-state index contributed by atoms with van der Waals surface area (Å²) < 4.78 is 23.1. The Morgan fingerprint density at radius 2 is 1.77 bits per heavy atom. The molecule has 0 aliphatic heterocycles. The predicted molar refractivity (Wildman–Crippen MR) is 126 cm³/mol. The average Bonchev–Trinajstić information content (AvgIpc) is 3.16. The van der Waals surface area contributed by atoms with Crippen molar-refractivity contribution in [2.24, 2.45) is 0 Å². The zero-order valence-corrected chi connectivity index (χ0v) is 19.3. The lowest BCUT2D eigenvalue weighted by Gasteiger charge is -2.07. The molecule has 1 N–H and O–H groups in total. The van der Waals surface area contributed by atoms with Crippen molar-refractivity contribution in [1.82, 2.24) is 9.97 Å². The standard InChI is InChI=1S/C22H19N3O3S3/c1-14-23-21(18-12-19(30-22(18)24-14)15-6-4-3-5-7-15)29-13-20(26)25-16-8-10-17(11-9-16)31(2,27)28/h3-12H,13H2,1-2H3,(H,25,26). The quantitative estimate of drug-likeness (QED) is 0.322. The molecule has 31 heavy (non-hydrogen) atoms. The fourth-order valence-corrected chi connectivity index (χ4v) is 5.59. The number of hydrogen-bond donors (Lipinski definition) is 1. The minimum atomic E-state index is -3.27. The van der Waals surface area contributed by atoms with Gasteiger partial charge in [0.15, 0.2) is 9.84 Å². The second-order valence-electron chi connectivity index (χ2n) is 6.90. The number of thiophene rings is 1. The van der Waals surface area contributed by atoms with Crippen LogP contribution >= 0.6 is 23.1 Å². The average molecular weight is 470 g/mol. The third-order valence-electron chi connectivity index (χ3n) is 4.43. The van der Waals surface area contributed by atoms with Gasteiger partial charge < -0.3 is 5.32 Å². The van der Waals surface area contributed by atoms with Gasteiger partial charge in [-0.1, -0.05) is 42.1 Å². The Labute approximate surface area is 188 Å². The Kier molecular flexibility index (Phi) is 6.08. The molecule has 9 heteroatoms. The number of rotatable bonds is 6. The Bertz CT molecular complexity index is 1350. The molecule has 4 aromatic rings. The second kappa shape index (κ2) is 8.78. The number of carbonyl (C=O) groups excluding carboxylic acids is 1. The summed E-state index contributed by atoms with van der Waals surface area (Å²) in [6.07, 6.45) is 1.15. The highest BCUT2D eigenvalue weighted by Crippen LogP contribution is 2.36. The van der Waals surface area contributed by atoms with E-state index >= 15 is 0 Å². The molecule has 2 aromatic heterocycles. The summed E-state index contributed by atoms with van der Waals surface area (Å²) in [6.45, 7) is 1.84. The number of amides is 1. The predicted octanol–water partition coefficient (Wildman–Crippen LogP) is 4.80. The van der Waals surface area contributed by atoms with Gasteiger partial charge in [-0.25, -0.2) is 18.4 Å². The van der Waals surface area contributed by atoms with Crippen LogP contribution in [0.3, 0.4) is 0 Å². The first-order valence-corrected chi connectivity index (χ1v) is 13.1. The number of anilines is 1. The fraction of sp³-hybridized carbons (Fsp3) is 0.136. The Balaban J connectivity index is 1.49. The molecule has 0 aliphatic carbocycles. The number of hydrogen-bond acceptors (Lipinski definition) is 7. The second-order valence-corrected chi connectivity index (χ2v) is 10.9. The van der Waals surface area contributed by atoms with Crippen molar-refractivity contribution < 1.29 is 13.2 Å². The number of thioether (sulfide) groups is 1.